The summed E-state index contributed by atoms with van der Waals surface area (Å²) in [7, 11) is 0. The Balaban J connectivity index is 0.000000613. The zero-order chi connectivity index (χ0) is 73.3. The molecule has 12 aromatic rings. The number of ketones is 4. The number of hydrogen-bond acceptors (Lipinski definition) is 13. The molecule has 0 atom stereocenters. The Morgan fingerprint density at radius 1 is 0.385 bits per heavy atom. The molecule has 4 aromatic heterocycles. The predicted octanol–water partition coefficient (Wildman–Crippen LogP) is 20.1. The number of pyridine rings is 4. The van der Waals surface area contributed by atoms with Crippen molar-refractivity contribution < 1.29 is 138 Å². The zero-order valence-electron chi connectivity index (χ0n) is 58.4. The molecule has 104 heavy (non-hydrogen) atoms. The molecule has 0 saturated carbocycles. The van der Waals surface area contributed by atoms with Crippen molar-refractivity contribution in [2.75, 3.05) is 0 Å². The number of aryl methyl sites for hydroxylation is 2. The summed E-state index contributed by atoms with van der Waals surface area (Å²) in [5, 5.41) is 47.1. The number of halogens is 3. The van der Waals surface area contributed by atoms with Crippen LogP contribution < -0.4 is 0 Å². The molecule has 0 amide bonds. The number of rotatable bonds is 9. The maximum absolute atomic E-state index is 12.5. The van der Waals surface area contributed by atoms with Crippen molar-refractivity contribution in [3.8, 4) is 45.0 Å². The van der Waals surface area contributed by atoms with E-state index in [0.29, 0.717) is 11.3 Å². The van der Waals surface area contributed by atoms with E-state index in [1.165, 1.54) is 108 Å². The summed E-state index contributed by atoms with van der Waals surface area (Å²) < 4.78 is 37.5. The molecule has 0 aliphatic rings. The van der Waals surface area contributed by atoms with Crippen molar-refractivity contribution in [3.63, 3.8) is 0 Å². The van der Waals surface area contributed by atoms with Gasteiger partial charge in [-0.1, -0.05) is 135 Å². The molecule has 0 aliphatic carbocycles. The van der Waals surface area contributed by atoms with E-state index in [4.69, 9.17) is 25.5 Å². The van der Waals surface area contributed by atoms with Gasteiger partial charge in [0, 0.05) is 105 Å². The van der Waals surface area contributed by atoms with Gasteiger partial charge in [-0.25, -0.2) is 0 Å². The molecule has 0 fully saturated rings. The fourth-order valence-electron chi connectivity index (χ4n) is 9.08. The van der Waals surface area contributed by atoms with Gasteiger partial charge in [0.05, 0.1) is 51.7 Å². The molecule has 4 heterocycles. The van der Waals surface area contributed by atoms with Crippen LogP contribution in [0, 0.1) is 38.1 Å². The first kappa shape index (κ1) is 92.6. The summed E-state index contributed by atoms with van der Waals surface area (Å²) >= 11 is 0. The summed E-state index contributed by atoms with van der Waals surface area (Å²) in [6.07, 6.45) is 0.325. The maximum Gasteiger partial charge on any atom is 0.381 e. The Morgan fingerprint density at radius 2 is 0.731 bits per heavy atom. The molecule has 4 radical (unpaired) electrons. The van der Waals surface area contributed by atoms with Crippen molar-refractivity contribution in [1.82, 2.24) is 19.9 Å². The number of alkyl halides is 3. The van der Waals surface area contributed by atoms with E-state index in [1.807, 2.05) is 146 Å². The Labute approximate surface area is 659 Å². The van der Waals surface area contributed by atoms with Gasteiger partial charge < -0.3 is 25.5 Å². The molecule has 0 saturated heterocycles. The van der Waals surface area contributed by atoms with E-state index in [0.717, 1.165) is 84.3 Å². The summed E-state index contributed by atoms with van der Waals surface area (Å²) in [5.41, 5.74) is 13.5. The van der Waals surface area contributed by atoms with Gasteiger partial charge >= 0.3 is 6.18 Å². The number of benzene rings is 8. The fraction of sp³-hybridized carbons (Fsp3) is 0.143. The molecule has 548 valence electrons. The minimum absolute atomic E-state index is 0. The molecule has 13 nitrogen and oxygen atoms in total. The van der Waals surface area contributed by atoms with Gasteiger partial charge in [0.2, 0.25) is 0 Å². The predicted molar refractivity (Wildman–Crippen MR) is 393 cm³/mol. The first-order valence-corrected chi connectivity index (χ1v) is 31.2. The summed E-state index contributed by atoms with van der Waals surface area (Å²) in [6.45, 7) is 15.6. The zero-order valence-corrected chi connectivity index (χ0v) is 68.0. The number of aromatic nitrogens is 4. The summed E-state index contributed by atoms with van der Waals surface area (Å²) in [4.78, 5) is 58.4. The van der Waals surface area contributed by atoms with E-state index >= 15 is 0 Å². The number of hydrogen-bond donors (Lipinski definition) is 5. The normalized spacial score (nSPS) is 10.7. The second-order valence-electron chi connectivity index (χ2n) is 22.4. The third kappa shape index (κ3) is 33.8. The minimum Gasteiger partial charge on any atom is -0.512 e. The second kappa shape index (κ2) is 47.8. The molecule has 5 N–H and O–H groups in total. The Hall–Kier alpha value is -9.41. The van der Waals surface area contributed by atoms with Crippen LogP contribution in [0.4, 0.5) is 13.2 Å². The van der Waals surface area contributed by atoms with E-state index in [2.05, 4.69) is 107 Å². The van der Waals surface area contributed by atoms with Crippen LogP contribution in [0.3, 0.4) is 0 Å². The minimum atomic E-state index is -4.34. The van der Waals surface area contributed by atoms with E-state index in [1.54, 1.807) is 6.07 Å². The smallest absolute Gasteiger partial charge is 0.381 e. The molecule has 12 rings (SSSR count). The standard InChI is InChI=1S/C16H9F3N.C16H12NO.2C16H12N.4C5H8O2.4Ir/c17-16(18,19)13-8-5-12(6-9-13)15-10-7-11-3-1-2-4-14(11)20-15;18-11-12-4-3-6-14(10-12)16-9-8-13-5-1-2-7-15(13)17-16;1-12-6-2-4-8-14(12)16-11-10-13-7-3-5-9-15(13)17-16;1-12-5-4-7-14(11-12)16-10-9-13-6-2-3-8-15(13)17-16;4*1-4(6)3-5(2)7;;;;/h1-5,7-10H;1-5,7-10,18H,11H2;2-7,9-11H,1H3;2-6,8-11H,1H3;4*3,6H,1-2H3;;;;/q4*-1;;;;;;;;. The van der Waals surface area contributed by atoms with Gasteiger partial charge in [-0.3, -0.25) is 39.1 Å². The first-order valence-electron chi connectivity index (χ1n) is 31.2. The number of fused-ring (bicyclic) bond motifs is 4. The molecule has 0 spiro atoms. The van der Waals surface area contributed by atoms with Gasteiger partial charge in [-0.2, -0.15) is 13.2 Å². The molecule has 20 heteroatoms. The number of nitrogens with zero attached hydrogens (tertiary/aromatic N) is 4. The number of aliphatic hydroxyl groups is 5. The number of para-hydroxylation sites is 4. The van der Waals surface area contributed by atoms with Gasteiger partial charge in [-0.15, -0.1) is 136 Å². The number of aliphatic hydroxyl groups excluding tert-OH is 5. The Bertz CT molecular complexity index is 4740. The molecule has 8 aromatic carbocycles. The van der Waals surface area contributed by atoms with Crippen molar-refractivity contribution in [2.45, 2.75) is 82.0 Å². The third-order valence-electron chi connectivity index (χ3n) is 13.3. The second-order valence-corrected chi connectivity index (χ2v) is 22.4. The third-order valence-corrected chi connectivity index (χ3v) is 13.3. The molecule has 0 bridgehead atoms. The van der Waals surface area contributed by atoms with E-state index in [9.17, 15) is 32.3 Å². The molecular formula is C84H77F3Ir4N4O9-4. The van der Waals surface area contributed by atoms with Crippen LogP contribution in [0.5, 0.6) is 0 Å². The van der Waals surface area contributed by atoms with Gasteiger partial charge in [0.25, 0.3) is 0 Å². The van der Waals surface area contributed by atoms with Crippen LogP contribution in [0.15, 0.2) is 266 Å². The first-order chi connectivity index (χ1) is 47.6. The SMILES string of the molecule is CC(=O)C=C(C)O.CC(=O)C=C(C)O.CC(=O)C=C(C)O.CC(=O)C=C(C)O.Cc1cc[c-]c(-c2ccc3ccccc3n2)c1.Cc1ccc[c-]c1-c1ccc2ccccc2n1.FC(F)(F)c1c[c-]c(-c2ccc3ccccc3n2)cc1.OCc1cc[c-]c(-c2ccc3ccccc3n2)c1.[Ir].[Ir].[Ir].[Ir]. The maximum atomic E-state index is 12.5. The van der Waals surface area contributed by atoms with Crippen LogP contribution in [0.1, 0.15) is 77.6 Å². The summed E-state index contributed by atoms with van der Waals surface area (Å²) in [5.74, 6) is -0.250. The van der Waals surface area contributed by atoms with E-state index < -0.39 is 11.7 Å². The van der Waals surface area contributed by atoms with Gasteiger partial charge in [0.15, 0.2) is 23.1 Å². The Kier molecular flexibility index (Phi) is 42.5. The van der Waals surface area contributed by atoms with Crippen molar-refractivity contribution in [1.29, 1.82) is 0 Å². The van der Waals surface area contributed by atoms with Crippen molar-refractivity contribution in [3.05, 3.63) is 312 Å². The molecule has 0 unspecified atom stereocenters. The number of allylic oxidation sites excluding steroid dienone is 8. The number of carbonyl (C=O) groups is 4. The van der Waals surface area contributed by atoms with Gasteiger partial charge in [0.1, 0.15) is 0 Å². The van der Waals surface area contributed by atoms with Crippen molar-refractivity contribution in [2.24, 2.45) is 0 Å². The average molecular weight is 2110 g/mol. The van der Waals surface area contributed by atoms with E-state index in [-0.39, 0.29) is 133 Å². The van der Waals surface area contributed by atoms with Crippen LogP contribution in [-0.4, -0.2) is 68.6 Å². The fourth-order valence-corrected chi connectivity index (χ4v) is 9.08. The van der Waals surface area contributed by atoms with Crippen LogP contribution >= 0.6 is 0 Å². The molecule has 0 aliphatic heterocycles. The van der Waals surface area contributed by atoms with Crippen LogP contribution in [0.2, 0.25) is 0 Å². The van der Waals surface area contributed by atoms with Crippen LogP contribution in [0.25, 0.3) is 88.6 Å². The quantitative estimate of drug-likeness (QED) is 0.0516. The average Bonchev–Trinajstić information content (AvgIpc) is 0.819. The topological polar surface area (TPSA) is 221 Å². The molecular weight excluding hydrogens is 2030 g/mol. The van der Waals surface area contributed by atoms with Gasteiger partial charge in [-0.05, 0) is 130 Å². The van der Waals surface area contributed by atoms with Crippen molar-refractivity contribution >= 4 is 66.7 Å². The van der Waals surface area contributed by atoms with Crippen LogP contribution in [-0.2, 0) is 112 Å². The number of carbonyl (C=O) groups excluding carboxylic acids is 4. The Morgan fingerprint density at radius 3 is 1.05 bits per heavy atom. The largest absolute Gasteiger partial charge is 0.512 e. The monoisotopic (exact) mass is 2110 g/mol. The summed E-state index contributed by atoms with van der Waals surface area (Å²) in [6, 6.07) is 81.3.